The maximum atomic E-state index is 11.3. The highest BCUT2D eigenvalue weighted by molar-refractivity contribution is 7.09. The van der Waals surface area contributed by atoms with E-state index in [-0.39, 0.29) is 5.56 Å². The van der Waals surface area contributed by atoms with Gasteiger partial charge in [-0.1, -0.05) is 0 Å². The quantitative estimate of drug-likeness (QED) is 0.925. The first kappa shape index (κ1) is 13.5. The van der Waals surface area contributed by atoms with Crippen LogP contribution in [0.4, 0.5) is 5.82 Å². The third kappa shape index (κ3) is 2.60. The average molecular weight is 280 g/mol. The van der Waals surface area contributed by atoms with E-state index in [9.17, 15) is 9.90 Å². The minimum atomic E-state index is -0.957. The van der Waals surface area contributed by atoms with Gasteiger partial charge in [0.25, 0.3) is 0 Å². The highest BCUT2D eigenvalue weighted by atomic mass is 32.1. The number of aromatic nitrogens is 3. The summed E-state index contributed by atoms with van der Waals surface area (Å²) >= 11 is 1.58. The summed E-state index contributed by atoms with van der Waals surface area (Å²) in [6.07, 6.45) is 0. The van der Waals surface area contributed by atoms with E-state index in [1.807, 2.05) is 24.3 Å². The maximum Gasteiger partial charge on any atom is 0.341 e. The zero-order valence-electron chi connectivity index (χ0n) is 11.3. The number of anilines is 1. The molecule has 102 valence electrons. The number of carboxylic acid groups (broad SMARTS) is 1. The van der Waals surface area contributed by atoms with Crippen LogP contribution in [0.25, 0.3) is 0 Å². The van der Waals surface area contributed by atoms with E-state index in [0.29, 0.717) is 18.1 Å². The van der Waals surface area contributed by atoms with Crippen molar-refractivity contribution in [1.82, 2.24) is 14.8 Å². The number of nitrogens with zero attached hydrogens (tertiary/aromatic N) is 4. The first-order chi connectivity index (χ1) is 8.90. The topological polar surface area (TPSA) is 71.2 Å². The first-order valence-electron chi connectivity index (χ1n) is 5.79. The van der Waals surface area contributed by atoms with Crippen LogP contribution in [0.15, 0.2) is 5.38 Å². The van der Waals surface area contributed by atoms with Gasteiger partial charge in [-0.05, 0) is 13.8 Å². The number of thiazole rings is 1. The lowest BCUT2D eigenvalue weighted by Gasteiger charge is -2.18. The number of carboxylic acids is 1. The summed E-state index contributed by atoms with van der Waals surface area (Å²) in [5, 5.41) is 16.4. The van der Waals surface area contributed by atoms with E-state index >= 15 is 0 Å². The summed E-state index contributed by atoms with van der Waals surface area (Å²) in [4.78, 5) is 17.6. The van der Waals surface area contributed by atoms with Crippen molar-refractivity contribution >= 4 is 23.1 Å². The van der Waals surface area contributed by atoms with Crippen molar-refractivity contribution in [2.75, 3.05) is 11.9 Å². The lowest BCUT2D eigenvalue weighted by atomic mass is 10.2. The van der Waals surface area contributed by atoms with Crippen LogP contribution in [0.5, 0.6) is 0 Å². The fourth-order valence-electron chi connectivity index (χ4n) is 2.13. The standard InChI is InChI=1S/C12H16N4O2S/c1-7-10(12(17)18)11(16(4)14-7)15(3)5-9-6-19-8(2)13-9/h6H,5H2,1-4H3,(H,17,18). The number of carbonyl (C=O) groups is 1. The predicted molar refractivity (Wildman–Crippen MR) is 73.9 cm³/mol. The van der Waals surface area contributed by atoms with Crippen LogP contribution in [-0.4, -0.2) is 32.9 Å². The molecule has 19 heavy (non-hydrogen) atoms. The summed E-state index contributed by atoms with van der Waals surface area (Å²) in [5.41, 5.74) is 1.70. The predicted octanol–water partition coefficient (Wildman–Crippen LogP) is 1.83. The van der Waals surface area contributed by atoms with E-state index in [0.717, 1.165) is 10.7 Å². The van der Waals surface area contributed by atoms with Gasteiger partial charge < -0.3 is 10.0 Å². The molecule has 0 saturated carbocycles. The summed E-state index contributed by atoms with van der Waals surface area (Å²) in [6.45, 7) is 4.21. The molecule has 0 bridgehead atoms. The van der Waals surface area contributed by atoms with Crippen molar-refractivity contribution in [2.45, 2.75) is 20.4 Å². The molecule has 2 rings (SSSR count). The second-order valence-corrected chi connectivity index (χ2v) is 5.49. The monoisotopic (exact) mass is 280 g/mol. The second kappa shape index (κ2) is 5.00. The maximum absolute atomic E-state index is 11.3. The number of aryl methyl sites for hydroxylation is 3. The van der Waals surface area contributed by atoms with Crippen LogP contribution in [0.2, 0.25) is 0 Å². The van der Waals surface area contributed by atoms with Crippen molar-refractivity contribution in [3.8, 4) is 0 Å². The Labute approximate surface area is 115 Å². The third-order valence-electron chi connectivity index (χ3n) is 2.83. The molecular weight excluding hydrogens is 264 g/mol. The van der Waals surface area contributed by atoms with Gasteiger partial charge in [0.2, 0.25) is 0 Å². The second-order valence-electron chi connectivity index (χ2n) is 4.43. The molecule has 1 N–H and O–H groups in total. The smallest absolute Gasteiger partial charge is 0.341 e. The van der Waals surface area contributed by atoms with Crippen molar-refractivity contribution < 1.29 is 9.90 Å². The van der Waals surface area contributed by atoms with Crippen LogP contribution < -0.4 is 4.90 Å². The van der Waals surface area contributed by atoms with Crippen molar-refractivity contribution in [3.63, 3.8) is 0 Å². The van der Waals surface area contributed by atoms with E-state index in [1.165, 1.54) is 0 Å². The fraction of sp³-hybridized carbons (Fsp3) is 0.417. The Kier molecular flexibility index (Phi) is 3.57. The molecule has 2 aromatic heterocycles. The van der Waals surface area contributed by atoms with E-state index < -0.39 is 5.97 Å². The molecule has 2 heterocycles. The summed E-state index contributed by atoms with van der Waals surface area (Å²) in [7, 11) is 3.59. The molecule has 0 saturated heterocycles. The van der Waals surface area contributed by atoms with E-state index in [4.69, 9.17) is 0 Å². The minimum absolute atomic E-state index is 0.247. The first-order valence-corrected chi connectivity index (χ1v) is 6.67. The summed E-state index contributed by atoms with van der Waals surface area (Å²) in [5.74, 6) is -0.363. The van der Waals surface area contributed by atoms with Gasteiger partial charge in [-0.3, -0.25) is 4.68 Å². The Morgan fingerprint density at radius 1 is 1.53 bits per heavy atom. The van der Waals surface area contributed by atoms with Gasteiger partial charge >= 0.3 is 5.97 Å². The lowest BCUT2D eigenvalue weighted by molar-refractivity contribution is 0.0696. The number of hydrogen-bond acceptors (Lipinski definition) is 5. The molecular formula is C12H16N4O2S. The molecule has 6 nitrogen and oxygen atoms in total. The Morgan fingerprint density at radius 2 is 2.21 bits per heavy atom. The largest absolute Gasteiger partial charge is 0.477 e. The summed E-state index contributed by atoms with van der Waals surface area (Å²) in [6, 6.07) is 0. The number of rotatable bonds is 4. The van der Waals surface area contributed by atoms with Crippen LogP contribution >= 0.6 is 11.3 Å². The molecule has 0 spiro atoms. The molecule has 0 fully saturated rings. The highest BCUT2D eigenvalue weighted by Crippen LogP contribution is 2.23. The third-order valence-corrected chi connectivity index (χ3v) is 3.66. The Balaban J connectivity index is 2.33. The molecule has 0 aromatic carbocycles. The van der Waals surface area contributed by atoms with Crippen molar-refractivity contribution in [3.05, 3.63) is 27.3 Å². The number of aromatic carboxylic acids is 1. The van der Waals surface area contributed by atoms with E-state index in [1.54, 1.807) is 30.0 Å². The van der Waals surface area contributed by atoms with Gasteiger partial charge in [0.15, 0.2) is 0 Å². The molecule has 7 heteroatoms. The SMILES string of the molecule is Cc1nc(CN(C)c2c(C(=O)O)c(C)nn2C)cs1. The van der Waals surface area contributed by atoms with E-state index in [2.05, 4.69) is 10.1 Å². The van der Waals surface area contributed by atoms with Gasteiger partial charge in [-0.25, -0.2) is 9.78 Å². The Hall–Kier alpha value is -1.89. The average Bonchev–Trinajstić information content (AvgIpc) is 2.82. The molecule has 0 unspecified atom stereocenters. The Bertz CT molecular complexity index is 617. The summed E-state index contributed by atoms with van der Waals surface area (Å²) < 4.78 is 1.60. The number of hydrogen-bond donors (Lipinski definition) is 1. The minimum Gasteiger partial charge on any atom is -0.477 e. The molecule has 0 aliphatic rings. The lowest BCUT2D eigenvalue weighted by Crippen LogP contribution is -2.22. The molecule has 0 radical (unpaired) electrons. The van der Waals surface area contributed by atoms with Gasteiger partial charge in [0.1, 0.15) is 11.4 Å². The highest BCUT2D eigenvalue weighted by Gasteiger charge is 2.22. The zero-order chi connectivity index (χ0) is 14.2. The van der Waals surface area contributed by atoms with Crippen molar-refractivity contribution in [2.24, 2.45) is 7.05 Å². The molecule has 0 aliphatic carbocycles. The Morgan fingerprint density at radius 3 is 2.74 bits per heavy atom. The molecule has 2 aromatic rings. The van der Waals surface area contributed by atoms with Crippen LogP contribution in [0.1, 0.15) is 26.8 Å². The normalized spacial score (nSPS) is 10.7. The van der Waals surface area contributed by atoms with Gasteiger partial charge in [0.05, 0.1) is 22.9 Å². The fourth-order valence-corrected chi connectivity index (χ4v) is 2.74. The molecule has 0 atom stereocenters. The van der Waals surface area contributed by atoms with Crippen LogP contribution in [0, 0.1) is 13.8 Å². The molecule has 0 amide bonds. The van der Waals surface area contributed by atoms with Crippen LogP contribution in [0.3, 0.4) is 0 Å². The van der Waals surface area contributed by atoms with Gasteiger partial charge in [-0.15, -0.1) is 11.3 Å². The van der Waals surface area contributed by atoms with Crippen molar-refractivity contribution in [1.29, 1.82) is 0 Å². The van der Waals surface area contributed by atoms with Crippen LogP contribution in [-0.2, 0) is 13.6 Å². The molecule has 0 aliphatic heterocycles. The zero-order valence-corrected chi connectivity index (χ0v) is 12.2. The van der Waals surface area contributed by atoms with Gasteiger partial charge in [-0.2, -0.15) is 5.10 Å². The van der Waals surface area contributed by atoms with Gasteiger partial charge in [0, 0.05) is 19.5 Å².